The molecule has 0 radical (unpaired) electrons. The lowest BCUT2D eigenvalue weighted by molar-refractivity contribution is -0.384. The quantitative estimate of drug-likeness (QED) is 0.474. The van der Waals surface area contributed by atoms with Crippen LogP contribution in [0.25, 0.3) is 0 Å². The van der Waals surface area contributed by atoms with Crippen LogP contribution in [0.2, 0.25) is 0 Å². The molecule has 1 atom stereocenters. The molecule has 1 unspecified atom stereocenters. The third kappa shape index (κ3) is 3.45. The summed E-state index contributed by atoms with van der Waals surface area (Å²) in [5, 5.41) is 10.8. The lowest BCUT2D eigenvalue weighted by Crippen LogP contribution is -2.07. The first-order chi connectivity index (χ1) is 9.99. The summed E-state index contributed by atoms with van der Waals surface area (Å²) in [4.78, 5) is 21.9. The molecule has 2 aromatic carbocycles. The molecule has 0 amide bonds. The Hall–Kier alpha value is -2.69. The number of non-ortho nitro benzene ring substituents is 1. The Labute approximate surface area is 122 Å². The molecule has 0 aliphatic rings. The highest BCUT2D eigenvalue weighted by Gasteiger charge is 2.17. The van der Waals surface area contributed by atoms with Gasteiger partial charge in [0.05, 0.1) is 10.5 Å². The molecule has 108 valence electrons. The Morgan fingerprint density at radius 3 is 2.43 bits per heavy atom. The minimum absolute atomic E-state index is 0.125. The van der Waals surface area contributed by atoms with Crippen molar-refractivity contribution in [3.05, 3.63) is 69.8 Å². The molecule has 0 saturated heterocycles. The van der Waals surface area contributed by atoms with E-state index in [0.717, 1.165) is 5.56 Å². The largest absolute Gasteiger partial charge is 0.485 e. The molecule has 0 bridgehead atoms. The molecule has 0 aliphatic carbocycles. The zero-order valence-corrected chi connectivity index (χ0v) is 11.8. The summed E-state index contributed by atoms with van der Waals surface area (Å²) in [6, 6.07) is 13.6. The summed E-state index contributed by atoms with van der Waals surface area (Å²) in [5.41, 5.74) is 1.05. The van der Waals surface area contributed by atoms with Crippen molar-refractivity contribution in [2.75, 3.05) is 0 Å². The molecule has 2 rings (SSSR count). The number of nitrogens with zero attached hydrogens (tertiary/aromatic N) is 1. The average Bonchev–Trinajstić information content (AvgIpc) is 2.48. The van der Waals surface area contributed by atoms with Crippen LogP contribution in [-0.4, -0.2) is 10.7 Å². The topological polar surface area (TPSA) is 69.4 Å². The van der Waals surface area contributed by atoms with Crippen LogP contribution in [0.15, 0.2) is 48.5 Å². The average molecular weight is 285 g/mol. The first-order valence-corrected chi connectivity index (χ1v) is 6.50. The van der Waals surface area contributed by atoms with E-state index in [2.05, 4.69) is 0 Å². The van der Waals surface area contributed by atoms with Gasteiger partial charge in [-0.3, -0.25) is 14.9 Å². The normalized spacial score (nSPS) is 11.7. The highest BCUT2D eigenvalue weighted by atomic mass is 16.6. The predicted octanol–water partition coefficient (Wildman–Crippen LogP) is 3.94. The van der Waals surface area contributed by atoms with Crippen molar-refractivity contribution in [3.8, 4) is 5.75 Å². The second-order valence-corrected chi connectivity index (χ2v) is 4.66. The van der Waals surface area contributed by atoms with E-state index in [9.17, 15) is 14.9 Å². The smallest absolute Gasteiger partial charge is 0.270 e. The molecule has 2 aromatic rings. The number of ether oxygens (including phenoxy) is 1. The van der Waals surface area contributed by atoms with Gasteiger partial charge in [0, 0.05) is 12.1 Å². The van der Waals surface area contributed by atoms with E-state index in [-0.39, 0.29) is 23.1 Å². The molecule has 0 fully saturated rings. The number of benzene rings is 2. The van der Waals surface area contributed by atoms with E-state index in [4.69, 9.17) is 4.74 Å². The second-order valence-electron chi connectivity index (χ2n) is 4.66. The van der Waals surface area contributed by atoms with E-state index in [1.165, 1.54) is 25.1 Å². The summed E-state index contributed by atoms with van der Waals surface area (Å²) in [5.74, 6) is 0.0819. The Kier molecular flexibility index (Phi) is 4.33. The minimum Gasteiger partial charge on any atom is -0.485 e. The van der Waals surface area contributed by atoms with Gasteiger partial charge in [0.2, 0.25) is 0 Å². The summed E-state index contributed by atoms with van der Waals surface area (Å²) in [6.07, 6.45) is -0.259. The number of nitro benzene ring substituents is 1. The van der Waals surface area contributed by atoms with Crippen molar-refractivity contribution in [2.24, 2.45) is 0 Å². The van der Waals surface area contributed by atoms with Gasteiger partial charge in [-0.2, -0.15) is 0 Å². The highest BCUT2D eigenvalue weighted by Crippen LogP contribution is 2.28. The maximum Gasteiger partial charge on any atom is 0.270 e. The fraction of sp³-hybridized carbons (Fsp3) is 0.188. The number of hydrogen-bond acceptors (Lipinski definition) is 4. The molecular weight excluding hydrogens is 270 g/mol. The van der Waals surface area contributed by atoms with Crippen LogP contribution in [0.5, 0.6) is 5.75 Å². The van der Waals surface area contributed by atoms with Crippen molar-refractivity contribution in [1.82, 2.24) is 0 Å². The first kappa shape index (κ1) is 14.7. The summed E-state index contributed by atoms with van der Waals surface area (Å²) in [6.45, 7) is 3.22. The van der Waals surface area contributed by atoms with Crippen LogP contribution >= 0.6 is 0 Å². The number of nitro groups is 1. The predicted molar refractivity (Wildman–Crippen MR) is 78.6 cm³/mol. The molecule has 0 aromatic heterocycles. The van der Waals surface area contributed by atoms with Gasteiger partial charge in [0.25, 0.3) is 5.69 Å². The Morgan fingerprint density at radius 2 is 1.86 bits per heavy atom. The molecule has 5 nitrogen and oxygen atoms in total. The van der Waals surface area contributed by atoms with Crippen molar-refractivity contribution in [3.63, 3.8) is 0 Å². The fourth-order valence-electron chi connectivity index (χ4n) is 1.99. The van der Waals surface area contributed by atoms with Gasteiger partial charge < -0.3 is 4.74 Å². The third-order valence-electron chi connectivity index (χ3n) is 3.13. The van der Waals surface area contributed by atoms with Gasteiger partial charge in [-0.25, -0.2) is 0 Å². The molecule has 0 N–H and O–H groups in total. The lowest BCUT2D eigenvalue weighted by Gasteiger charge is -2.16. The third-order valence-corrected chi connectivity index (χ3v) is 3.13. The first-order valence-electron chi connectivity index (χ1n) is 6.50. The van der Waals surface area contributed by atoms with Crippen molar-refractivity contribution < 1.29 is 14.5 Å². The summed E-state index contributed by atoms with van der Waals surface area (Å²) in [7, 11) is 0. The van der Waals surface area contributed by atoms with E-state index >= 15 is 0 Å². The summed E-state index contributed by atoms with van der Waals surface area (Å²) < 4.78 is 5.78. The maximum atomic E-state index is 11.7. The molecule has 21 heavy (non-hydrogen) atoms. The van der Waals surface area contributed by atoms with Gasteiger partial charge in [-0.05, 0) is 25.5 Å². The minimum atomic E-state index is -0.531. The van der Waals surface area contributed by atoms with Crippen LogP contribution in [0.3, 0.4) is 0 Å². The number of carbonyl (C=O) groups is 1. The number of Topliss-reactive ketones (excluding diaryl/α,β-unsaturated/α-hetero) is 1. The standard InChI is InChI=1S/C16H15NO4/c1-11(18)15-10-14(17(19)20)8-9-16(15)21-12(2)13-6-4-3-5-7-13/h3-10,12H,1-2H3. The van der Waals surface area contributed by atoms with Gasteiger partial charge >= 0.3 is 0 Å². The maximum absolute atomic E-state index is 11.7. The molecule has 0 spiro atoms. The lowest BCUT2D eigenvalue weighted by atomic mass is 10.1. The SMILES string of the molecule is CC(=O)c1cc([N+](=O)[O-])ccc1OC(C)c1ccccc1. The van der Waals surface area contributed by atoms with Gasteiger partial charge in [0.15, 0.2) is 5.78 Å². The Balaban J connectivity index is 2.31. The number of rotatable bonds is 5. The number of carbonyl (C=O) groups excluding carboxylic acids is 1. The fourth-order valence-corrected chi connectivity index (χ4v) is 1.99. The van der Waals surface area contributed by atoms with E-state index in [1.807, 2.05) is 37.3 Å². The van der Waals surface area contributed by atoms with Gasteiger partial charge in [-0.15, -0.1) is 0 Å². The number of hydrogen-bond donors (Lipinski definition) is 0. The van der Waals surface area contributed by atoms with Crippen LogP contribution in [0.1, 0.15) is 35.9 Å². The van der Waals surface area contributed by atoms with Crippen LogP contribution in [-0.2, 0) is 0 Å². The van der Waals surface area contributed by atoms with E-state index in [1.54, 1.807) is 0 Å². The molecule has 5 heteroatoms. The van der Waals surface area contributed by atoms with E-state index in [0.29, 0.717) is 5.75 Å². The zero-order valence-electron chi connectivity index (χ0n) is 11.8. The molecular formula is C16H15NO4. The zero-order chi connectivity index (χ0) is 15.4. The number of ketones is 1. The van der Waals surface area contributed by atoms with Gasteiger partial charge in [-0.1, -0.05) is 30.3 Å². The van der Waals surface area contributed by atoms with Crippen LogP contribution in [0.4, 0.5) is 5.69 Å². The van der Waals surface area contributed by atoms with E-state index < -0.39 is 4.92 Å². The van der Waals surface area contributed by atoms with Crippen LogP contribution < -0.4 is 4.74 Å². The molecule has 0 saturated carbocycles. The van der Waals surface area contributed by atoms with Gasteiger partial charge in [0.1, 0.15) is 11.9 Å². The summed E-state index contributed by atoms with van der Waals surface area (Å²) >= 11 is 0. The van der Waals surface area contributed by atoms with Crippen molar-refractivity contribution >= 4 is 11.5 Å². The molecule has 0 heterocycles. The highest BCUT2D eigenvalue weighted by molar-refractivity contribution is 5.97. The second kappa shape index (κ2) is 6.17. The Morgan fingerprint density at radius 1 is 1.19 bits per heavy atom. The molecule has 0 aliphatic heterocycles. The van der Waals surface area contributed by atoms with Crippen LogP contribution in [0, 0.1) is 10.1 Å². The van der Waals surface area contributed by atoms with Crippen molar-refractivity contribution in [1.29, 1.82) is 0 Å². The Bertz CT molecular complexity index is 667. The monoisotopic (exact) mass is 285 g/mol. The van der Waals surface area contributed by atoms with Crippen molar-refractivity contribution in [2.45, 2.75) is 20.0 Å².